The van der Waals surface area contributed by atoms with E-state index in [1.165, 1.54) is 14.2 Å². The van der Waals surface area contributed by atoms with E-state index >= 15 is 0 Å². The first kappa shape index (κ1) is 18.9. The second-order valence-corrected chi connectivity index (χ2v) is 6.19. The monoisotopic (exact) mass is 366 g/mol. The van der Waals surface area contributed by atoms with Crippen molar-refractivity contribution in [2.45, 2.75) is 24.3 Å². The Kier molecular flexibility index (Phi) is 6.12. The molecule has 1 aliphatic heterocycles. The Morgan fingerprint density at radius 2 is 1.84 bits per heavy atom. The van der Waals surface area contributed by atoms with Crippen LogP contribution in [0.5, 0.6) is 0 Å². The second kappa shape index (κ2) is 8.09. The molecule has 1 aromatic carbocycles. The molecule has 0 aromatic heterocycles. The summed E-state index contributed by atoms with van der Waals surface area (Å²) in [7, 11) is 2.57. The van der Waals surface area contributed by atoms with Crippen LogP contribution >= 0.6 is 11.6 Å². The average Bonchev–Trinajstić information content (AvgIpc) is 2.65. The first-order valence-electron chi connectivity index (χ1n) is 7.69. The normalized spacial score (nSPS) is 17.2. The van der Waals surface area contributed by atoms with Crippen LogP contribution in [-0.2, 0) is 19.7 Å². The molecule has 0 saturated carbocycles. The SMILES string of the molecule is COC(=O)C(N=[N+]=[N-])C1(c2ccc(Cl)cc2)CCN(C(=O)OC)CC1. The number of hydrogen-bond acceptors (Lipinski definition) is 5. The number of benzene rings is 1. The van der Waals surface area contributed by atoms with Crippen LogP contribution in [0.4, 0.5) is 4.79 Å². The maximum Gasteiger partial charge on any atom is 0.409 e. The van der Waals surface area contributed by atoms with Gasteiger partial charge >= 0.3 is 12.1 Å². The van der Waals surface area contributed by atoms with Gasteiger partial charge in [0.2, 0.25) is 0 Å². The number of likely N-dealkylation sites (tertiary alicyclic amines) is 1. The fourth-order valence-electron chi connectivity index (χ4n) is 3.27. The van der Waals surface area contributed by atoms with E-state index in [4.69, 9.17) is 26.6 Å². The highest BCUT2D eigenvalue weighted by Gasteiger charge is 2.47. The van der Waals surface area contributed by atoms with E-state index in [9.17, 15) is 9.59 Å². The van der Waals surface area contributed by atoms with Crippen LogP contribution in [0.3, 0.4) is 0 Å². The summed E-state index contributed by atoms with van der Waals surface area (Å²) >= 11 is 5.97. The summed E-state index contributed by atoms with van der Waals surface area (Å²) in [6.07, 6.45) is 0.411. The van der Waals surface area contributed by atoms with Gasteiger partial charge in [0.1, 0.15) is 6.04 Å². The molecule has 1 aromatic rings. The van der Waals surface area contributed by atoms with Gasteiger partial charge in [-0.25, -0.2) is 4.79 Å². The Bertz CT molecular complexity index is 680. The number of nitrogens with zero attached hydrogens (tertiary/aromatic N) is 4. The zero-order valence-corrected chi connectivity index (χ0v) is 14.8. The number of ether oxygens (including phenoxy) is 2. The maximum atomic E-state index is 12.3. The van der Waals surface area contributed by atoms with Gasteiger partial charge in [0.05, 0.1) is 14.2 Å². The molecule has 1 fully saturated rings. The Hall–Kier alpha value is -2.44. The zero-order chi connectivity index (χ0) is 18.4. The smallest absolute Gasteiger partial charge is 0.409 e. The molecule has 2 rings (SSSR count). The second-order valence-electron chi connectivity index (χ2n) is 5.75. The lowest BCUT2D eigenvalue weighted by atomic mass is 9.67. The largest absolute Gasteiger partial charge is 0.469 e. The summed E-state index contributed by atoms with van der Waals surface area (Å²) in [6, 6.07) is 6.01. The molecule has 1 atom stereocenters. The number of halogens is 1. The van der Waals surface area contributed by atoms with Gasteiger partial charge in [-0.1, -0.05) is 28.8 Å². The van der Waals surface area contributed by atoms with Crippen LogP contribution in [0.25, 0.3) is 10.4 Å². The molecular weight excluding hydrogens is 348 g/mol. The third kappa shape index (κ3) is 3.81. The number of amides is 1. The number of carbonyl (C=O) groups is 2. The summed E-state index contributed by atoms with van der Waals surface area (Å²) in [4.78, 5) is 28.4. The molecule has 0 bridgehead atoms. The molecule has 0 N–H and O–H groups in total. The minimum absolute atomic E-state index is 0.365. The maximum absolute atomic E-state index is 12.3. The van der Waals surface area contributed by atoms with E-state index in [2.05, 4.69) is 10.0 Å². The van der Waals surface area contributed by atoms with E-state index in [0.29, 0.717) is 31.0 Å². The van der Waals surface area contributed by atoms with Crippen molar-refractivity contribution in [1.29, 1.82) is 0 Å². The van der Waals surface area contributed by atoms with E-state index in [-0.39, 0.29) is 0 Å². The van der Waals surface area contributed by atoms with Crippen molar-refractivity contribution in [3.63, 3.8) is 0 Å². The Labute approximate surface area is 150 Å². The van der Waals surface area contributed by atoms with Crippen molar-refractivity contribution in [3.8, 4) is 0 Å². The minimum Gasteiger partial charge on any atom is -0.469 e. The average molecular weight is 367 g/mol. The van der Waals surface area contributed by atoms with Gasteiger partial charge in [-0.15, -0.1) is 0 Å². The highest BCUT2D eigenvalue weighted by Crippen LogP contribution is 2.41. The third-order valence-electron chi connectivity index (χ3n) is 4.62. The third-order valence-corrected chi connectivity index (χ3v) is 4.87. The standard InChI is InChI=1S/C16H19ClN4O4/c1-24-14(22)13(19-20-18)16(11-3-5-12(17)6-4-11)7-9-21(10-8-16)15(23)25-2/h3-6,13H,7-10H2,1-2H3. The van der Waals surface area contributed by atoms with Crippen molar-refractivity contribution in [2.75, 3.05) is 27.3 Å². The van der Waals surface area contributed by atoms with Crippen LogP contribution in [0.2, 0.25) is 5.02 Å². The van der Waals surface area contributed by atoms with Gasteiger partial charge in [-0.3, -0.25) is 4.79 Å². The van der Waals surface area contributed by atoms with Crippen molar-refractivity contribution < 1.29 is 19.1 Å². The molecule has 0 aliphatic carbocycles. The summed E-state index contributed by atoms with van der Waals surface area (Å²) in [5.41, 5.74) is 8.97. The first-order chi connectivity index (χ1) is 12.0. The zero-order valence-electron chi connectivity index (χ0n) is 14.0. The minimum atomic E-state index is -1.04. The number of methoxy groups -OCH3 is 2. The molecule has 25 heavy (non-hydrogen) atoms. The van der Waals surface area contributed by atoms with Gasteiger partial charge in [-0.2, -0.15) is 0 Å². The predicted octanol–water partition coefficient (Wildman–Crippen LogP) is 3.29. The number of azide groups is 1. The topological polar surface area (TPSA) is 105 Å². The Balaban J connectivity index is 2.45. The van der Waals surface area contributed by atoms with Crippen LogP contribution in [0, 0.1) is 0 Å². The quantitative estimate of drug-likeness (QED) is 0.353. The lowest BCUT2D eigenvalue weighted by molar-refractivity contribution is -0.144. The molecule has 0 radical (unpaired) electrons. The van der Waals surface area contributed by atoms with E-state index in [0.717, 1.165) is 5.56 Å². The number of hydrogen-bond donors (Lipinski definition) is 0. The van der Waals surface area contributed by atoms with Crippen molar-refractivity contribution in [3.05, 3.63) is 45.3 Å². The van der Waals surface area contributed by atoms with Gasteiger partial charge in [-0.05, 0) is 36.1 Å². The number of rotatable bonds is 4. The molecular formula is C16H19ClN4O4. The van der Waals surface area contributed by atoms with Crippen molar-refractivity contribution >= 4 is 23.7 Å². The van der Waals surface area contributed by atoms with E-state index in [1.807, 2.05) is 0 Å². The molecule has 1 heterocycles. The number of esters is 1. The highest BCUT2D eigenvalue weighted by atomic mass is 35.5. The number of carbonyl (C=O) groups excluding carboxylic acids is 2. The Morgan fingerprint density at radius 1 is 1.24 bits per heavy atom. The van der Waals surface area contributed by atoms with Crippen LogP contribution in [-0.4, -0.2) is 50.3 Å². The van der Waals surface area contributed by atoms with Crippen LogP contribution in [0.15, 0.2) is 29.4 Å². The van der Waals surface area contributed by atoms with Gasteiger partial charge < -0.3 is 14.4 Å². The lowest BCUT2D eigenvalue weighted by Crippen LogP contribution is -2.52. The molecule has 1 saturated heterocycles. The van der Waals surface area contributed by atoms with E-state index < -0.39 is 23.5 Å². The number of piperidine rings is 1. The Morgan fingerprint density at radius 3 is 2.32 bits per heavy atom. The molecule has 0 spiro atoms. The fourth-order valence-corrected chi connectivity index (χ4v) is 3.39. The van der Waals surface area contributed by atoms with Crippen LogP contribution in [0.1, 0.15) is 18.4 Å². The summed E-state index contributed by atoms with van der Waals surface area (Å²) in [6.45, 7) is 0.730. The van der Waals surface area contributed by atoms with Gasteiger partial charge in [0, 0.05) is 28.4 Å². The van der Waals surface area contributed by atoms with Crippen molar-refractivity contribution in [1.82, 2.24) is 4.90 Å². The van der Waals surface area contributed by atoms with Crippen molar-refractivity contribution in [2.24, 2.45) is 5.11 Å². The van der Waals surface area contributed by atoms with Crippen LogP contribution < -0.4 is 0 Å². The first-order valence-corrected chi connectivity index (χ1v) is 8.07. The predicted molar refractivity (Wildman–Crippen MR) is 91.3 cm³/mol. The van der Waals surface area contributed by atoms with E-state index in [1.54, 1.807) is 29.2 Å². The highest BCUT2D eigenvalue weighted by molar-refractivity contribution is 6.30. The summed E-state index contributed by atoms with van der Waals surface area (Å²) in [5.74, 6) is -0.612. The van der Waals surface area contributed by atoms with Gasteiger partial charge in [0.15, 0.2) is 0 Å². The van der Waals surface area contributed by atoms with Gasteiger partial charge in [0.25, 0.3) is 0 Å². The molecule has 1 amide bonds. The molecule has 1 aliphatic rings. The summed E-state index contributed by atoms with van der Waals surface area (Å²) in [5, 5.41) is 4.28. The summed E-state index contributed by atoms with van der Waals surface area (Å²) < 4.78 is 9.60. The lowest BCUT2D eigenvalue weighted by Gasteiger charge is -2.44. The fraction of sp³-hybridized carbons (Fsp3) is 0.500. The molecule has 1 unspecified atom stereocenters. The molecule has 9 heteroatoms. The molecule has 8 nitrogen and oxygen atoms in total. The molecule has 134 valence electrons.